The molecule has 0 bridgehead atoms. The molecule has 0 aromatic carbocycles. The molecule has 1 N–H and O–H groups in total. The van der Waals surface area contributed by atoms with Crippen LogP contribution in [0.3, 0.4) is 0 Å². The van der Waals surface area contributed by atoms with Crippen molar-refractivity contribution in [1.29, 1.82) is 0 Å². The lowest BCUT2D eigenvalue weighted by Gasteiger charge is -1.93. The smallest absolute Gasteiger partial charge is 0.260 e. The zero-order valence-electron chi connectivity index (χ0n) is 4.71. The van der Waals surface area contributed by atoms with Crippen LogP contribution in [0.5, 0.6) is 0 Å². The Bertz CT molecular complexity index is 198. The summed E-state index contributed by atoms with van der Waals surface area (Å²) >= 11 is 0. The highest BCUT2D eigenvalue weighted by Gasteiger charge is 2.19. The van der Waals surface area contributed by atoms with Crippen LogP contribution < -0.4 is 4.72 Å². The van der Waals surface area contributed by atoms with Crippen LogP contribution >= 0.6 is 0 Å². The molecule has 0 radical (unpaired) electrons. The van der Waals surface area contributed by atoms with E-state index in [2.05, 4.69) is 9.46 Å². The molecule has 1 aliphatic heterocycles. The van der Waals surface area contributed by atoms with Crippen LogP contribution in [0.15, 0.2) is 11.2 Å². The van der Waals surface area contributed by atoms with Gasteiger partial charge in [0.25, 0.3) is 5.91 Å². The second-order valence-corrected chi connectivity index (χ2v) is 2.55. The molecular formula is C4H5NO3S. The Hall–Kier alpha value is -0.840. The maximum absolute atomic E-state index is 10.6. The summed E-state index contributed by atoms with van der Waals surface area (Å²) in [5.41, 5.74) is 0. The van der Waals surface area contributed by atoms with Crippen molar-refractivity contribution in [3.63, 3.8) is 0 Å². The summed E-state index contributed by atoms with van der Waals surface area (Å²) in [6.45, 7) is 0. The van der Waals surface area contributed by atoms with Crippen molar-refractivity contribution in [3.8, 4) is 0 Å². The van der Waals surface area contributed by atoms with Gasteiger partial charge in [-0.05, 0) is 0 Å². The fraction of sp³-hybridized carbons (Fsp3) is 0.250. The van der Waals surface area contributed by atoms with E-state index in [1.54, 1.807) is 0 Å². The fourth-order valence-electron chi connectivity index (χ4n) is 0.466. The summed E-state index contributed by atoms with van der Waals surface area (Å²) in [7, 11) is -0.0863. The predicted octanol–water partition coefficient (Wildman–Crippen LogP) is -0.732. The zero-order valence-corrected chi connectivity index (χ0v) is 5.53. The lowest BCUT2D eigenvalue weighted by Crippen LogP contribution is -2.16. The molecule has 0 fully saturated rings. The first-order valence-corrected chi connectivity index (χ1v) is 3.37. The minimum Gasteiger partial charge on any atom is -0.487 e. The summed E-state index contributed by atoms with van der Waals surface area (Å²) < 4.78 is 17.3. The number of methoxy groups -OCH3 is 1. The third kappa shape index (κ3) is 1.10. The molecule has 1 rings (SSSR count). The summed E-state index contributed by atoms with van der Waals surface area (Å²) in [6.07, 6.45) is 1.16. The van der Waals surface area contributed by atoms with Crippen LogP contribution in [0.1, 0.15) is 0 Å². The molecule has 0 saturated carbocycles. The average molecular weight is 147 g/mol. The van der Waals surface area contributed by atoms with Gasteiger partial charge in [0.2, 0.25) is 5.09 Å². The van der Waals surface area contributed by atoms with Crippen molar-refractivity contribution < 1.29 is 13.7 Å². The summed E-state index contributed by atoms with van der Waals surface area (Å²) in [4.78, 5) is 10.4. The van der Waals surface area contributed by atoms with E-state index in [9.17, 15) is 9.00 Å². The third-order valence-corrected chi connectivity index (χ3v) is 1.86. The number of amides is 1. The van der Waals surface area contributed by atoms with Gasteiger partial charge in [-0.15, -0.1) is 0 Å². The van der Waals surface area contributed by atoms with Crippen LogP contribution in [0, 0.1) is 0 Å². The summed E-state index contributed by atoms with van der Waals surface area (Å²) in [5, 5.41) is 0.181. The van der Waals surface area contributed by atoms with Gasteiger partial charge in [0.1, 0.15) is 0 Å². The predicted molar refractivity (Wildman–Crippen MR) is 31.4 cm³/mol. The van der Waals surface area contributed by atoms with Gasteiger partial charge in [0.15, 0.2) is 11.0 Å². The quantitative estimate of drug-likeness (QED) is 0.532. The van der Waals surface area contributed by atoms with Gasteiger partial charge in [-0.25, -0.2) is 4.21 Å². The Morgan fingerprint density at radius 1 is 1.78 bits per heavy atom. The zero-order chi connectivity index (χ0) is 6.85. The molecule has 5 heteroatoms. The van der Waals surface area contributed by atoms with Crippen LogP contribution in [0.4, 0.5) is 0 Å². The number of carbonyl (C=O) groups is 1. The van der Waals surface area contributed by atoms with E-state index < -0.39 is 11.0 Å². The first kappa shape index (κ1) is 6.28. The molecule has 1 amide bonds. The molecule has 1 atom stereocenters. The Morgan fingerprint density at radius 2 is 2.44 bits per heavy atom. The van der Waals surface area contributed by atoms with Gasteiger partial charge in [-0.1, -0.05) is 0 Å². The summed E-state index contributed by atoms with van der Waals surface area (Å²) in [6, 6.07) is 0. The van der Waals surface area contributed by atoms with Crippen molar-refractivity contribution in [2.75, 3.05) is 7.11 Å². The molecule has 0 saturated heterocycles. The van der Waals surface area contributed by atoms with E-state index >= 15 is 0 Å². The number of rotatable bonds is 1. The third-order valence-electron chi connectivity index (χ3n) is 0.826. The molecular weight excluding hydrogens is 142 g/mol. The number of nitrogens with one attached hydrogen (secondary N) is 1. The van der Waals surface area contributed by atoms with Crippen molar-refractivity contribution in [2.24, 2.45) is 0 Å². The minimum absolute atomic E-state index is 0.181. The Balaban J connectivity index is 2.80. The number of ether oxygens (including phenoxy) is 1. The molecule has 1 unspecified atom stereocenters. The highest BCUT2D eigenvalue weighted by molar-refractivity contribution is 7.88. The first-order chi connectivity index (χ1) is 4.24. The van der Waals surface area contributed by atoms with Crippen molar-refractivity contribution >= 4 is 16.9 Å². The average Bonchev–Trinajstić information content (AvgIpc) is 2.10. The SMILES string of the molecule is COC1=CC(=O)NS1=O. The summed E-state index contributed by atoms with van der Waals surface area (Å²) in [5.74, 6) is -0.370. The topological polar surface area (TPSA) is 55.4 Å². The number of carbonyl (C=O) groups excluding carboxylic acids is 1. The van der Waals surface area contributed by atoms with Crippen molar-refractivity contribution in [2.45, 2.75) is 0 Å². The van der Waals surface area contributed by atoms with E-state index in [0.717, 1.165) is 6.08 Å². The standard InChI is InChI=1S/C4H5NO3S/c1-8-4-2-3(6)5-9(4)7/h2H,1H3,(H,5,6). The maximum atomic E-state index is 10.6. The molecule has 50 valence electrons. The highest BCUT2D eigenvalue weighted by atomic mass is 32.2. The van der Waals surface area contributed by atoms with Gasteiger partial charge in [-0.3, -0.25) is 9.52 Å². The molecule has 0 aliphatic carbocycles. The van der Waals surface area contributed by atoms with Crippen LogP contribution in [-0.4, -0.2) is 17.2 Å². The Morgan fingerprint density at radius 3 is 2.67 bits per heavy atom. The van der Waals surface area contributed by atoms with E-state index in [0.29, 0.717) is 0 Å². The van der Waals surface area contributed by atoms with Crippen molar-refractivity contribution in [1.82, 2.24) is 4.72 Å². The molecule has 0 spiro atoms. The van der Waals surface area contributed by atoms with E-state index in [4.69, 9.17) is 0 Å². The van der Waals surface area contributed by atoms with Gasteiger partial charge < -0.3 is 4.74 Å². The first-order valence-electron chi connectivity index (χ1n) is 2.22. The molecule has 1 aliphatic rings. The Kier molecular flexibility index (Phi) is 1.52. The van der Waals surface area contributed by atoms with Crippen molar-refractivity contribution in [3.05, 3.63) is 11.2 Å². The molecule has 0 aromatic rings. The number of hydrogen-bond acceptors (Lipinski definition) is 3. The van der Waals surface area contributed by atoms with Gasteiger partial charge in [0, 0.05) is 0 Å². The number of hydrogen-bond donors (Lipinski definition) is 1. The van der Waals surface area contributed by atoms with Gasteiger partial charge >= 0.3 is 0 Å². The monoisotopic (exact) mass is 147 g/mol. The van der Waals surface area contributed by atoms with Crippen LogP contribution in [0.25, 0.3) is 0 Å². The largest absolute Gasteiger partial charge is 0.487 e. The normalized spacial score (nSPS) is 25.2. The molecule has 9 heavy (non-hydrogen) atoms. The molecule has 4 nitrogen and oxygen atoms in total. The van der Waals surface area contributed by atoms with E-state index in [1.807, 2.05) is 0 Å². The van der Waals surface area contributed by atoms with E-state index in [-0.39, 0.29) is 11.0 Å². The second kappa shape index (κ2) is 2.18. The van der Waals surface area contributed by atoms with Gasteiger partial charge in [-0.2, -0.15) is 0 Å². The van der Waals surface area contributed by atoms with Gasteiger partial charge in [0.05, 0.1) is 13.2 Å². The minimum atomic E-state index is -1.45. The lowest BCUT2D eigenvalue weighted by atomic mass is 10.6. The molecule has 0 aromatic heterocycles. The van der Waals surface area contributed by atoms with E-state index in [1.165, 1.54) is 7.11 Å². The lowest BCUT2D eigenvalue weighted by molar-refractivity contribution is -0.114. The fourth-order valence-corrected chi connectivity index (χ4v) is 1.17. The maximum Gasteiger partial charge on any atom is 0.260 e. The molecule has 1 heterocycles. The Labute approximate surface area is 54.5 Å². The second-order valence-electron chi connectivity index (χ2n) is 1.40. The van der Waals surface area contributed by atoms with Crippen LogP contribution in [-0.2, 0) is 20.5 Å². The highest BCUT2D eigenvalue weighted by Crippen LogP contribution is 2.05. The van der Waals surface area contributed by atoms with Crippen LogP contribution in [0.2, 0.25) is 0 Å².